The Hall–Kier alpha value is -4.90. The van der Waals surface area contributed by atoms with E-state index in [0.717, 1.165) is 35.2 Å². The van der Waals surface area contributed by atoms with Gasteiger partial charge in [-0.05, 0) is 53.8 Å². The van der Waals surface area contributed by atoms with Crippen molar-refractivity contribution in [3.8, 4) is 23.0 Å². The Morgan fingerprint density at radius 2 is 1.62 bits per heavy atom. The number of aryl methyl sites for hydroxylation is 1. The van der Waals surface area contributed by atoms with E-state index in [1.807, 2.05) is 30.3 Å². The molecule has 42 heavy (non-hydrogen) atoms. The zero-order chi connectivity index (χ0) is 29.5. The van der Waals surface area contributed by atoms with Gasteiger partial charge >= 0.3 is 0 Å². The van der Waals surface area contributed by atoms with Crippen molar-refractivity contribution in [2.45, 2.75) is 18.9 Å². The lowest BCUT2D eigenvalue weighted by Crippen LogP contribution is -2.38. The average molecular weight is 586 g/mol. The van der Waals surface area contributed by atoms with Gasteiger partial charge in [0.15, 0.2) is 27.8 Å². The summed E-state index contributed by atoms with van der Waals surface area (Å²) in [4.78, 5) is 31.1. The van der Waals surface area contributed by atoms with E-state index < -0.39 is 11.0 Å². The zero-order valence-corrected chi connectivity index (χ0v) is 24.2. The highest BCUT2D eigenvalue weighted by Crippen LogP contribution is 2.43. The molecule has 2 heterocycles. The van der Waals surface area contributed by atoms with Gasteiger partial charge in [0, 0.05) is 5.56 Å². The van der Waals surface area contributed by atoms with Crippen LogP contribution in [0.15, 0.2) is 70.0 Å². The maximum absolute atomic E-state index is 14.1. The molecule has 2 aliphatic rings. The molecule has 0 amide bonds. The molecular formula is C31H27N3O7S. The van der Waals surface area contributed by atoms with Crippen LogP contribution >= 0.6 is 11.3 Å². The molecule has 11 heteroatoms. The topological polar surface area (TPSA) is 114 Å². The van der Waals surface area contributed by atoms with Crippen LogP contribution in [0.1, 0.15) is 34.7 Å². The summed E-state index contributed by atoms with van der Waals surface area (Å²) in [5.41, 5.74) is 4.68. The third-order valence-electron chi connectivity index (χ3n) is 7.61. The number of ether oxygens (including phenoxy) is 4. The number of rotatable bonds is 7. The number of hydrogen-bond donors (Lipinski definition) is 0. The molecular weight excluding hydrogens is 558 g/mol. The Labute approximate surface area is 244 Å². The fourth-order valence-corrected chi connectivity index (χ4v) is 6.64. The third-order valence-corrected chi connectivity index (χ3v) is 8.60. The quantitative estimate of drug-likeness (QED) is 0.235. The molecule has 0 unspecified atom stereocenters. The summed E-state index contributed by atoms with van der Waals surface area (Å²) in [5, 5.41) is 12.0. The lowest BCUT2D eigenvalue weighted by atomic mass is 9.83. The van der Waals surface area contributed by atoms with Crippen LogP contribution in [0.25, 0.3) is 11.8 Å². The van der Waals surface area contributed by atoms with Crippen molar-refractivity contribution in [3.05, 3.63) is 112 Å². The van der Waals surface area contributed by atoms with E-state index >= 15 is 0 Å². The molecule has 1 atom stereocenters. The number of nitro benzene ring substituents is 1. The second-order valence-corrected chi connectivity index (χ2v) is 10.8. The van der Waals surface area contributed by atoms with E-state index in [0.29, 0.717) is 26.6 Å². The van der Waals surface area contributed by atoms with E-state index in [2.05, 4.69) is 12.1 Å². The number of nitro groups is 1. The molecule has 0 radical (unpaired) electrons. The Kier molecular flexibility index (Phi) is 7.03. The number of aromatic nitrogens is 1. The molecule has 214 valence electrons. The number of methoxy groups -OCH3 is 4. The molecule has 0 saturated carbocycles. The highest BCUT2D eigenvalue weighted by molar-refractivity contribution is 7.07. The van der Waals surface area contributed by atoms with E-state index in [1.165, 1.54) is 49.3 Å². The van der Waals surface area contributed by atoms with Crippen LogP contribution in [0.4, 0.5) is 5.69 Å². The maximum atomic E-state index is 14.1. The second kappa shape index (κ2) is 10.8. The monoisotopic (exact) mass is 585 g/mol. The summed E-state index contributed by atoms with van der Waals surface area (Å²) in [6, 6.07) is 16.2. The number of benzene rings is 3. The standard InChI is InChI=1S/C31H27N3O7S/c1-38-23-12-10-18(13-24(23)39-2)29-21-11-9-17-7-5-6-8-20(17)28(21)32-31-33(29)30(35)27(42-31)15-19-14-25(40-3)26(41-4)16-22(19)34(36)37/h5-8,10,12-16,29H,9,11H2,1-4H3/b27-15-/t29-/m1/s1. The lowest BCUT2D eigenvalue weighted by Gasteiger charge is -2.31. The van der Waals surface area contributed by atoms with Gasteiger partial charge in [0.05, 0.1) is 61.3 Å². The smallest absolute Gasteiger partial charge is 0.280 e. The summed E-state index contributed by atoms with van der Waals surface area (Å²) in [5.74, 6) is 1.67. The lowest BCUT2D eigenvalue weighted by molar-refractivity contribution is -0.385. The number of fused-ring (bicyclic) bond motifs is 3. The van der Waals surface area contributed by atoms with Crippen LogP contribution in [-0.2, 0) is 6.42 Å². The van der Waals surface area contributed by atoms with Gasteiger partial charge in [-0.2, -0.15) is 0 Å². The molecule has 6 rings (SSSR count). The first-order chi connectivity index (χ1) is 20.4. The predicted octanol–water partition coefficient (Wildman–Crippen LogP) is 4.26. The predicted molar refractivity (Wildman–Crippen MR) is 158 cm³/mol. The Balaban J connectivity index is 1.63. The molecule has 1 aliphatic heterocycles. The molecule has 10 nitrogen and oxygen atoms in total. The van der Waals surface area contributed by atoms with Gasteiger partial charge in [-0.1, -0.05) is 41.7 Å². The molecule has 0 spiro atoms. The van der Waals surface area contributed by atoms with Crippen molar-refractivity contribution < 1.29 is 23.9 Å². The minimum Gasteiger partial charge on any atom is -0.493 e. The van der Waals surface area contributed by atoms with Crippen LogP contribution in [0, 0.1) is 10.1 Å². The molecule has 1 aromatic heterocycles. The molecule has 3 aromatic carbocycles. The summed E-state index contributed by atoms with van der Waals surface area (Å²) in [6.45, 7) is 0. The summed E-state index contributed by atoms with van der Waals surface area (Å²) < 4.78 is 23.7. The van der Waals surface area contributed by atoms with Crippen molar-refractivity contribution >= 4 is 28.8 Å². The van der Waals surface area contributed by atoms with Gasteiger partial charge < -0.3 is 18.9 Å². The van der Waals surface area contributed by atoms with Crippen molar-refractivity contribution in [1.82, 2.24) is 4.57 Å². The zero-order valence-electron chi connectivity index (χ0n) is 23.4. The van der Waals surface area contributed by atoms with Crippen molar-refractivity contribution in [3.63, 3.8) is 0 Å². The molecule has 0 N–H and O–H groups in total. The number of allylic oxidation sites excluding steroid dienone is 1. The maximum Gasteiger partial charge on any atom is 0.280 e. The molecule has 0 bridgehead atoms. The normalized spacial score (nSPS) is 15.7. The highest BCUT2D eigenvalue weighted by atomic mass is 32.1. The average Bonchev–Trinajstić information content (AvgIpc) is 3.32. The first-order valence-corrected chi connectivity index (χ1v) is 14.0. The van der Waals surface area contributed by atoms with Crippen LogP contribution in [0.3, 0.4) is 0 Å². The van der Waals surface area contributed by atoms with Gasteiger partial charge in [0.2, 0.25) is 0 Å². The van der Waals surface area contributed by atoms with Gasteiger partial charge in [-0.15, -0.1) is 0 Å². The van der Waals surface area contributed by atoms with Crippen LogP contribution in [-0.4, -0.2) is 37.9 Å². The minimum absolute atomic E-state index is 0.205. The Morgan fingerprint density at radius 3 is 2.33 bits per heavy atom. The summed E-state index contributed by atoms with van der Waals surface area (Å²) in [7, 11) is 6.01. The van der Waals surface area contributed by atoms with Gasteiger partial charge in [0.1, 0.15) is 0 Å². The van der Waals surface area contributed by atoms with E-state index in [4.69, 9.17) is 23.9 Å². The molecule has 1 aliphatic carbocycles. The van der Waals surface area contributed by atoms with E-state index in [1.54, 1.807) is 18.8 Å². The third kappa shape index (κ3) is 4.42. The fourth-order valence-electron chi connectivity index (χ4n) is 5.64. The molecule has 0 saturated heterocycles. The Morgan fingerprint density at radius 1 is 0.929 bits per heavy atom. The van der Waals surface area contributed by atoms with Gasteiger partial charge in [-0.3, -0.25) is 19.5 Å². The van der Waals surface area contributed by atoms with Gasteiger partial charge in [-0.25, -0.2) is 4.99 Å². The molecule has 4 aromatic rings. The Bertz CT molecular complexity index is 1960. The van der Waals surface area contributed by atoms with Crippen LogP contribution in [0.5, 0.6) is 23.0 Å². The van der Waals surface area contributed by atoms with Crippen molar-refractivity contribution in [1.29, 1.82) is 0 Å². The second-order valence-electron chi connectivity index (χ2n) is 9.75. The van der Waals surface area contributed by atoms with Crippen molar-refractivity contribution in [2.75, 3.05) is 28.4 Å². The van der Waals surface area contributed by atoms with E-state index in [-0.39, 0.29) is 22.6 Å². The van der Waals surface area contributed by atoms with Crippen molar-refractivity contribution in [2.24, 2.45) is 4.99 Å². The van der Waals surface area contributed by atoms with Gasteiger partial charge in [0.25, 0.3) is 11.2 Å². The van der Waals surface area contributed by atoms with Crippen LogP contribution < -0.4 is 33.8 Å². The number of hydrogen-bond acceptors (Lipinski definition) is 9. The van der Waals surface area contributed by atoms with Crippen LogP contribution in [0.2, 0.25) is 0 Å². The summed E-state index contributed by atoms with van der Waals surface area (Å²) in [6.07, 6.45) is 3.06. The number of nitrogens with zero attached hydrogens (tertiary/aromatic N) is 3. The first kappa shape index (κ1) is 27.3. The number of thiazole rings is 1. The minimum atomic E-state index is -0.507. The largest absolute Gasteiger partial charge is 0.493 e. The summed E-state index contributed by atoms with van der Waals surface area (Å²) >= 11 is 1.19. The molecule has 0 fully saturated rings. The van der Waals surface area contributed by atoms with E-state index in [9.17, 15) is 14.9 Å². The highest BCUT2D eigenvalue weighted by Gasteiger charge is 2.33. The SMILES string of the molecule is COc1ccc([C@@H]2C3=C(N=c4s/c(=C\c5cc(OC)c(OC)cc5[N+](=O)[O-])c(=O)n42)c2ccccc2CC3)cc1OC. The fraction of sp³-hybridized carbons (Fsp3) is 0.226. The first-order valence-electron chi connectivity index (χ1n) is 13.1.